The van der Waals surface area contributed by atoms with E-state index in [0.717, 1.165) is 38.6 Å². The summed E-state index contributed by atoms with van der Waals surface area (Å²) in [6.07, 6.45) is 4.77. The van der Waals surface area contributed by atoms with Crippen LogP contribution >= 0.6 is 0 Å². The number of nitrogens with one attached hydrogen (secondary N) is 1. The molecular formula is C13H27NO2S. The molecule has 1 saturated carbocycles. The van der Waals surface area contributed by atoms with Gasteiger partial charge in [0.2, 0.25) is 0 Å². The van der Waals surface area contributed by atoms with Gasteiger partial charge >= 0.3 is 0 Å². The van der Waals surface area contributed by atoms with Crippen LogP contribution in [0.1, 0.15) is 52.9 Å². The Morgan fingerprint density at radius 1 is 1.29 bits per heavy atom. The number of rotatable bonds is 7. The molecule has 1 fully saturated rings. The van der Waals surface area contributed by atoms with Crippen molar-refractivity contribution in [1.29, 1.82) is 0 Å². The van der Waals surface area contributed by atoms with Gasteiger partial charge in [0.1, 0.15) is 0 Å². The standard InChI is InChI=1S/C13H27NO2S/c1-4-9-14-12-6-5-7-13(12)17(15,16)10-8-11(2)3/h11-14H,4-10H2,1-3H3. The number of hydrogen-bond acceptors (Lipinski definition) is 3. The third-order valence-electron chi connectivity index (χ3n) is 3.55. The van der Waals surface area contributed by atoms with Crippen molar-refractivity contribution in [2.45, 2.75) is 64.2 Å². The van der Waals surface area contributed by atoms with Crippen LogP contribution in [-0.2, 0) is 9.84 Å². The van der Waals surface area contributed by atoms with E-state index in [1.54, 1.807) is 0 Å². The quantitative estimate of drug-likeness (QED) is 0.765. The molecule has 0 radical (unpaired) electrons. The second-order valence-corrected chi connectivity index (χ2v) is 7.92. The van der Waals surface area contributed by atoms with Crippen LogP contribution in [0.4, 0.5) is 0 Å². The molecule has 2 atom stereocenters. The minimum atomic E-state index is -2.90. The first-order chi connectivity index (χ1) is 7.97. The van der Waals surface area contributed by atoms with Crippen molar-refractivity contribution in [2.24, 2.45) is 5.92 Å². The highest BCUT2D eigenvalue weighted by molar-refractivity contribution is 7.92. The molecule has 0 aromatic rings. The fourth-order valence-electron chi connectivity index (χ4n) is 2.47. The van der Waals surface area contributed by atoms with Gasteiger partial charge in [0, 0.05) is 6.04 Å². The maximum absolute atomic E-state index is 12.3. The number of sulfone groups is 1. The zero-order chi connectivity index (χ0) is 12.9. The van der Waals surface area contributed by atoms with Gasteiger partial charge in [0.25, 0.3) is 0 Å². The molecule has 3 nitrogen and oxygen atoms in total. The normalized spacial score (nSPS) is 25.6. The first-order valence-corrected chi connectivity index (χ1v) is 8.64. The molecule has 1 aliphatic carbocycles. The van der Waals surface area contributed by atoms with Crippen LogP contribution in [0.3, 0.4) is 0 Å². The van der Waals surface area contributed by atoms with Crippen LogP contribution in [0.25, 0.3) is 0 Å². The Bertz CT molecular complexity index is 311. The smallest absolute Gasteiger partial charge is 0.154 e. The van der Waals surface area contributed by atoms with Crippen LogP contribution in [0, 0.1) is 5.92 Å². The molecule has 1 aliphatic rings. The predicted octanol–water partition coefficient (Wildman–Crippen LogP) is 2.37. The fourth-order valence-corrected chi connectivity index (χ4v) is 4.83. The van der Waals surface area contributed by atoms with Crippen molar-refractivity contribution in [2.75, 3.05) is 12.3 Å². The Hall–Kier alpha value is -0.0900. The molecule has 0 amide bonds. The van der Waals surface area contributed by atoms with E-state index in [-0.39, 0.29) is 11.3 Å². The molecule has 2 unspecified atom stereocenters. The molecule has 0 aromatic carbocycles. The fraction of sp³-hybridized carbons (Fsp3) is 1.00. The molecule has 0 heterocycles. The lowest BCUT2D eigenvalue weighted by molar-refractivity contribution is 0.501. The molecular weight excluding hydrogens is 234 g/mol. The van der Waals surface area contributed by atoms with Crippen LogP contribution in [0.5, 0.6) is 0 Å². The van der Waals surface area contributed by atoms with E-state index in [4.69, 9.17) is 0 Å². The highest BCUT2D eigenvalue weighted by Crippen LogP contribution is 2.27. The maximum Gasteiger partial charge on any atom is 0.154 e. The molecule has 4 heteroatoms. The Morgan fingerprint density at radius 2 is 2.00 bits per heavy atom. The minimum Gasteiger partial charge on any atom is -0.313 e. The van der Waals surface area contributed by atoms with Crippen molar-refractivity contribution in [3.8, 4) is 0 Å². The Kier molecular flexibility index (Phi) is 5.93. The largest absolute Gasteiger partial charge is 0.313 e. The molecule has 102 valence electrons. The third-order valence-corrected chi connectivity index (χ3v) is 5.84. The summed E-state index contributed by atoms with van der Waals surface area (Å²) in [6.45, 7) is 7.21. The number of hydrogen-bond donors (Lipinski definition) is 1. The second kappa shape index (κ2) is 6.74. The lowest BCUT2D eigenvalue weighted by atomic mass is 10.2. The van der Waals surface area contributed by atoms with E-state index < -0.39 is 9.84 Å². The molecule has 0 aromatic heterocycles. The van der Waals surface area contributed by atoms with Gasteiger partial charge in [-0.25, -0.2) is 8.42 Å². The average molecular weight is 261 g/mol. The molecule has 0 spiro atoms. The Balaban J connectivity index is 2.56. The highest BCUT2D eigenvalue weighted by atomic mass is 32.2. The summed E-state index contributed by atoms with van der Waals surface area (Å²) in [7, 11) is -2.90. The van der Waals surface area contributed by atoms with Crippen molar-refractivity contribution in [3.63, 3.8) is 0 Å². The first kappa shape index (κ1) is 15.0. The van der Waals surface area contributed by atoms with Gasteiger partial charge in [-0.15, -0.1) is 0 Å². The molecule has 1 rings (SSSR count). The van der Waals surface area contributed by atoms with Gasteiger partial charge in [0.05, 0.1) is 11.0 Å². The van der Waals surface area contributed by atoms with Gasteiger partial charge in [-0.1, -0.05) is 27.2 Å². The van der Waals surface area contributed by atoms with E-state index >= 15 is 0 Å². The summed E-state index contributed by atoms with van der Waals surface area (Å²) < 4.78 is 24.5. The first-order valence-electron chi connectivity index (χ1n) is 6.92. The molecule has 0 bridgehead atoms. The maximum atomic E-state index is 12.3. The Morgan fingerprint density at radius 3 is 2.59 bits per heavy atom. The average Bonchev–Trinajstić information content (AvgIpc) is 2.72. The van der Waals surface area contributed by atoms with E-state index in [9.17, 15) is 8.42 Å². The third kappa shape index (κ3) is 4.59. The zero-order valence-corrected chi connectivity index (χ0v) is 12.2. The van der Waals surface area contributed by atoms with Crippen molar-refractivity contribution in [1.82, 2.24) is 5.32 Å². The van der Waals surface area contributed by atoms with Crippen LogP contribution in [0.15, 0.2) is 0 Å². The highest BCUT2D eigenvalue weighted by Gasteiger charge is 2.36. The monoisotopic (exact) mass is 261 g/mol. The SMILES string of the molecule is CCCNC1CCCC1S(=O)(=O)CCC(C)C. The summed E-state index contributed by atoms with van der Waals surface area (Å²) in [5.41, 5.74) is 0. The Labute approximate surface area is 106 Å². The van der Waals surface area contributed by atoms with Gasteiger partial charge in [-0.2, -0.15) is 0 Å². The van der Waals surface area contributed by atoms with E-state index in [0.29, 0.717) is 11.7 Å². The summed E-state index contributed by atoms with van der Waals surface area (Å²) in [5, 5.41) is 3.26. The van der Waals surface area contributed by atoms with Gasteiger partial charge in [0.15, 0.2) is 9.84 Å². The van der Waals surface area contributed by atoms with Crippen molar-refractivity contribution in [3.05, 3.63) is 0 Å². The van der Waals surface area contributed by atoms with Crippen LogP contribution in [0.2, 0.25) is 0 Å². The minimum absolute atomic E-state index is 0.132. The summed E-state index contributed by atoms with van der Waals surface area (Å²) in [6, 6.07) is 0.201. The van der Waals surface area contributed by atoms with Crippen LogP contribution in [-0.4, -0.2) is 32.0 Å². The lowest BCUT2D eigenvalue weighted by Gasteiger charge is -2.21. The summed E-state index contributed by atoms with van der Waals surface area (Å²) in [5.74, 6) is 0.827. The zero-order valence-electron chi connectivity index (χ0n) is 11.4. The van der Waals surface area contributed by atoms with E-state index in [2.05, 4.69) is 26.1 Å². The second-order valence-electron chi connectivity index (χ2n) is 5.58. The van der Waals surface area contributed by atoms with E-state index in [1.807, 2.05) is 0 Å². The molecule has 17 heavy (non-hydrogen) atoms. The summed E-state index contributed by atoms with van der Waals surface area (Å²) >= 11 is 0. The lowest BCUT2D eigenvalue weighted by Crippen LogP contribution is -2.41. The van der Waals surface area contributed by atoms with Crippen LogP contribution < -0.4 is 5.32 Å². The summed E-state index contributed by atoms with van der Waals surface area (Å²) in [4.78, 5) is 0. The molecule has 1 N–H and O–H groups in total. The van der Waals surface area contributed by atoms with E-state index in [1.165, 1.54) is 0 Å². The van der Waals surface area contributed by atoms with Crippen molar-refractivity contribution < 1.29 is 8.42 Å². The van der Waals surface area contributed by atoms with Gasteiger partial charge < -0.3 is 5.32 Å². The van der Waals surface area contributed by atoms with Crippen molar-refractivity contribution >= 4 is 9.84 Å². The van der Waals surface area contributed by atoms with Gasteiger partial charge in [-0.05, 0) is 38.1 Å². The molecule has 0 saturated heterocycles. The van der Waals surface area contributed by atoms with Gasteiger partial charge in [-0.3, -0.25) is 0 Å². The topological polar surface area (TPSA) is 46.2 Å². The predicted molar refractivity (Wildman–Crippen MR) is 73.0 cm³/mol. The molecule has 0 aliphatic heterocycles.